The van der Waals surface area contributed by atoms with Crippen molar-refractivity contribution in [2.75, 3.05) is 91.6 Å². The molecule has 1 aliphatic heterocycles. The molecular weight excluding hydrogens is 1060 g/mol. The Morgan fingerprint density at radius 1 is 0.427 bits per heavy atom. The van der Waals surface area contributed by atoms with Crippen LogP contribution >= 0.6 is 0 Å². The zero-order valence-electron chi connectivity index (χ0n) is 53.2. The van der Waals surface area contributed by atoms with Crippen molar-refractivity contribution >= 4 is 53.7 Å². The summed E-state index contributed by atoms with van der Waals surface area (Å²) >= 11 is 0. The molecule has 9 N–H and O–H groups in total. The number of amides is 4. The molecule has 1 rings (SSSR count). The highest BCUT2D eigenvalue weighted by molar-refractivity contribution is 5.91. The second-order valence-corrected chi connectivity index (χ2v) is 28.0. The van der Waals surface area contributed by atoms with E-state index in [1.165, 1.54) is 20.8 Å². The minimum Gasteiger partial charge on any atom is -0.481 e. The van der Waals surface area contributed by atoms with Crippen molar-refractivity contribution in [2.45, 2.75) is 209 Å². The van der Waals surface area contributed by atoms with Gasteiger partial charge in [-0.05, 0) is 124 Å². The molecule has 3 unspecified atom stereocenters. The average Bonchev–Trinajstić information content (AvgIpc) is 3.27. The van der Waals surface area contributed by atoms with Crippen LogP contribution in [0.25, 0.3) is 0 Å². The molecule has 3 atom stereocenters. The summed E-state index contributed by atoms with van der Waals surface area (Å²) in [6.45, 7) is 34.8. The Morgan fingerprint density at radius 2 is 0.744 bits per heavy atom. The van der Waals surface area contributed by atoms with E-state index >= 15 is 0 Å². The molecule has 24 heteroatoms. The second kappa shape index (κ2) is 31.1. The number of rotatable bonds is 26. The molecular formula is C58H107N9O15. The van der Waals surface area contributed by atoms with Gasteiger partial charge in [0.25, 0.3) is 0 Å². The highest BCUT2D eigenvalue weighted by atomic mass is 16.6. The fourth-order valence-electron chi connectivity index (χ4n) is 9.53. The largest absolute Gasteiger partial charge is 0.481 e. The normalized spacial score (nSPS) is 17.7. The first-order valence-corrected chi connectivity index (χ1v) is 28.9. The van der Waals surface area contributed by atoms with Gasteiger partial charge in [0, 0.05) is 71.9 Å². The van der Waals surface area contributed by atoms with E-state index in [9.17, 15) is 58.5 Å². The molecule has 1 aliphatic rings. The standard InChI is InChI=1S/C58H107N9O15/c1-50(2,3)56(59,46(74)61-28-22-20-25-57(47(75)76,51(4,5)6)62-49(79)63-58(48(77)78,52(7,8)9)26-23-42(69)70)24-19-21-27-60-41(68)37-64-29-31-65(38-43(71)80-53(10,11)12)33-35-67(40-45(73)82-55(16,17)18)36-34-66(32-30-64)39-44(72)81-54(13,14)15/h19-40,59H2,1-18H3,(H,60,68)(H,61,74)(H,69,70)(H,75,76)(H,77,78)(H2,62,63,79). The van der Waals surface area contributed by atoms with E-state index in [-0.39, 0.29) is 57.9 Å². The molecule has 1 fully saturated rings. The maximum absolute atomic E-state index is 13.9. The monoisotopic (exact) mass is 1170 g/mol. The van der Waals surface area contributed by atoms with Crippen LogP contribution in [0.1, 0.15) is 176 Å². The van der Waals surface area contributed by atoms with Crippen LogP contribution < -0.4 is 27.0 Å². The third kappa shape index (κ3) is 26.2. The molecule has 0 spiro atoms. The molecule has 82 heavy (non-hydrogen) atoms. The fourth-order valence-corrected chi connectivity index (χ4v) is 9.53. The van der Waals surface area contributed by atoms with Crippen LogP contribution in [0.15, 0.2) is 0 Å². The Bertz CT molecular complexity index is 2110. The van der Waals surface area contributed by atoms with Crippen LogP contribution in [0.2, 0.25) is 0 Å². The summed E-state index contributed by atoms with van der Waals surface area (Å²) in [5, 5.41) is 41.2. The number of carbonyl (C=O) groups is 9. The Morgan fingerprint density at radius 3 is 1.05 bits per heavy atom. The maximum Gasteiger partial charge on any atom is 0.330 e. The van der Waals surface area contributed by atoms with Crippen molar-refractivity contribution in [3.05, 3.63) is 0 Å². The maximum atomic E-state index is 13.9. The lowest BCUT2D eigenvalue weighted by atomic mass is 9.69. The molecule has 0 radical (unpaired) electrons. The summed E-state index contributed by atoms with van der Waals surface area (Å²) in [5.74, 6) is -5.97. The molecule has 0 bridgehead atoms. The average molecular weight is 1170 g/mol. The van der Waals surface area contributed by atoms with Crippen molar-refractivity contribution in [3.63, 3.8) is 0 Å². The molecule has 0 aromatic heterocycles. The number of ether oxygens (including phenoxy) is 3. The summed E-state index contributed by atoms with van der Waals surface area (Å²) in [5.41, 5.74) is -3.49. The lowest BCUT2D eigenvalue weighted by Gasteiger charge is -2.45. The van der Waals surface area contributed by atoms with Gasteiger partial charge >= 0.3 is 41.8 Å². The number of nitrogens with zero attached hydrogens (tertiary/aromatic N) is 4. The Kier molecular flexibility index (Phi) is 28.4. The predicted octanol–water partition coefficient (Wildman–Crippen LogP) is 4.45. The number of carboxylic acid groups (broad SMARTS) is 3. The third-order valence-corrected chi connectivity index (χ3v) is 14.6. The molecule has 1 heterocycles. The van der Waals surface area contributed by atoms with Gasteiger partial charge in [-0.15, -0.1) is 0 Å². The van der Waals surface area contributed by atoms with Gasteiger partial charge in [-0.2, -0.15) is 0 Å². The van der Waals surface area contributed by atoms with E-state index in [0.717, 1.165) is 0 Å². The van der Waals surface area contributed by atoms with E-state index in [1.807, 2.05) is 40.4 Å². The Balaban J connectivity index is 3.16. The highest BCUT2D eigenvalue weighted by Crippen LogP contribution is 2.38. The Labute approximate surface area is 488 Å². The van der Waals surface area contributed by atoms with Crippen LogP contribution in [0.3, 0.4) is 0 Å². The summed E-state index contributed by atoms with van der Waals surface area (Å²) in [6, 6.07) is -1.09. The van der Waals surface area contributed by atoms with Crippen LogP contribution in [-0.2, 0) is 52.6 Å². The van der Waals surface area contributed by atoms with Crippen LogP contribution in [-0.4, -0.2) is 214 Å². The van der Waals surface area contributed by atoms with E-state index in [4.69, 9.17) is 19.9 Å². The van der Waals surface area contributed by atoms with Gasteiger partial charge in [-0.1, -0.05) is 62.3 Å². The smallest absolute Gasteiger partial charge is 0.330 e. The number of hydrogen-bond acceptors (Lipinski definition) is 17. The number of carboxylic acids is 3. The number of nitrogens with one attached hydrogen (secondary N) is 4. The summed E-state index contributed by atoms with van der Waals surface area (Å²) in [7, 11) is 0. The summed E-state index contributed by atoms with van der Waals surface area (Å²) in [4.78, 5) is 126. The number of urea groups is 1. The zero-order chi connectivity index (χ0) is 63.5. The van der Waals surface area contributed by atoms with Crippen LogP contribution in [0.5, 0.6) is 0 Å². The van der Waals surface area contributed by atoms with E-state index in [2.05, 4.69) is 21.3 Å². The van der Waals surface area contributed by atoms with Crippen LogP contribution in [0.4, 0.5) is 4.79 Å². The first-order chi connectivity index (χ1) is 37.2. The second-order valence-electron chi connectivity index (χ2n) is 28.0. The lowest BCUT2D eigenvalue weighted by molar-refractivity contribution is -0.158. The minimum absolute atomic E-state index is 0.00213. The first kappa shape index (κ1) is 74.8. The Hall–Kier alpha value is -5.17. The number of unbranched alkanes of at least 4 members (excludes halogenated alkanes) is 2. The molecule has 474 valence electrons. The molecule has 24 nitrogen and oxygen atoms in total. The first-order valence-electron chi connectivity index (χ1n) is 28.9. The zero-order valence-corrected chi connectivity index (χ0v) is 53.2. The predicted molar refractivity (Wildman–Crippen MR) is 312 cm³/mol. The van der Waals surface area contributed by atoms with E-state index in [1.54, 1.807) is 83.1 Å². The topological polar surface area (TPSA) is 329 Å². The number of aliphatic carboxylic acids is 3. The molecule has 0 aliphatic carbocycles. The van der Waals surface area contributed by atoms with Gasteiger partial charge in [0.2, 0.25) is 11.8 Å². The quantitative estimate of drug-likeness (QED) is 0.0337. The van der Waals surface area contributed by atoms with Crippen molar-refractivity contribution in [1.29, 1.82) is 0 Å². The highest BCUT2D eigenvalue weighted by Gasteiger charge is 2.54. The molecule has 0 aromatic carbocycles. The lowest BCUT2D eigenvalue weighted by Crippen LogP contribution is -2.69. The van der Waals surface area contributed by atoms with E-state index in [0.29, 0.717) is 78.2 Å². The SMILES string of the molecule is CC(C)(C)OC(=O)CN1CCN(CC(=O)NCCCCC(N)(C(=O)NCCCCC(NC(=O)NC(CCC(=O)O)(C(=O)O)C(C)(C)C)(C(=O)O)C(C)(C)C)C(C)(C)C)CCN(CC(=O)OC(C)(C)C)CCN(CC(=O)OC(C)(C)C)CC1. The van der Waals surface area contributed by atoms with Gasteiger partial charge < -0.3 is 56.5 Å². The number of carbonyl (C=O) groups excluding carboxylic acids is 6. The minimum atomic E-state index is -2.06. The van der Waals surface area contributed by atoms with Gasteiger partial charge in [-0.25, -0.2) is 14.4 Å². The molecule has 0 aromatic rings. The number of nitrogens with two attached hydrogens (primary N) is 1. The summed E-state index contributed by atoms with van der Waals surface area (Å²) in [6.07, 6.45) is 0.616. The van der Waals surface area contributed by atoms with Crippen molar-refractivity contribution < 1.29 is 72.7 Å². The third-order valence-electron chi connectivity index (χ3n) is 14.6. The number of hydrogen-bond donors (Lipinski definition) is 8. The summed E-state index contributed by atoms with van der Waals surface area (Å²) < 4.78 is 17.0. The van der Waals surface area contributed by atoms with E-state index < -0.39 is 110 Å². The van der Waals surface area contributed by atoms with Crippen molar-refractivity contribution in [1.82, 2.24) is 40.9 Å². The van der Waals surface area contributed by atoms with Gasteiger partial charge in [0.05, 0.1) is 26.2 Å². The van der Waals surface area contributed by atoms with Crippen molar-refractivity contribution in [3.8, 4) is 0 Å². The number of esters is 3. The van der Waals surface area contributed by atoms with Crippen molar-refractivity contribution in [2.24, 2.45) is 22.0 Å². The molecule has 1 saturated heterocycles. The van der Waals surface area contributed by atoms with Gasteiger partial charge in [-0.3, -0.25) is 48.4 Å². The molecule has 0 saturated carbocycles. The fraction of sp³-hybridized carbons (Fsp3) is 0.845. The van der Waals surface area contributed by atoms with Gasteiger partial charge in [0.1, 0.15) is 33.4 Å². The van der Waals surface area contributed by atoms with Gasteiger partial charge in [0.15, 0.2) is 0 Å². The van der Waals surface area contributed by atoms with Crippen LogP contribution in [0, 0.1) is 16.2 Å². The molecule has 4 amide bonds.